The molecule has 0 spiro atoms. The minimum absolute atomic E-state index is 0.333. The van der Waals surface area contributed by atoms with Crippen LogP contribution < -0.4 is 5.69 Å². The summed E-state index contributed by atoms with van der Waals surface area (Å²) in [5.74, 6) is 0.455. The molecule has 0 aliphatic carbocycles. The maximum Gasteiger partial charge on any atom is 0.349 e. The minimum Gasteiger partial charge on any atom is -0.261 e. The third-order valence-corrected chi connectivity index (χ3v) is 2.61. The van der Waals surface area contributed by atoms with Gasteiger partial charge in [-0.25, -0.2) is 24.3 Å². The number of nitrogens with one attached hydrogen (secondary N) is 1. The molecule has 7 heteroatoms. The Balaban J connectivity index is 2.39. The lowest BCUT2D eigenvalue weighted by Crippen LogP contribution is -2.14. The second kappa shape index (κ2) is 4.02. The van der Waals surface area contributed by atoms with Gasteiger partial charge >= 0.3 is 5.69 Å². The molecule has 0 amide bonds. The standard InChI is InChI=1S/C11H10N6O/c1-2-7-5-9-15-16-11(18)17(9)10(14-7)8-6-12-3-4-13-8/h3-6H,2H2,1H3,(H,16,18). The summed E-state index contributed by atoms with van der Waals surface area (Å²) in [5, 5.41) is 6.36. The Kier molecular flexibility index (Phi) is 2.36. The molecule has 0 saturated carbocycles. The Labute approximate surface area is 102 Å². The maximum absolute atomic E-state index is 11.7. The average molecular weight is 242 g/mol. The Morgan fingerprint density at radius 1 is 1.39 bits per heavy atom. The van der Waals surface area contributed by atoms with E-state index >= 15 is 0 Å². The first-order valence-corrected chi connectivity index (χ1v) is 5.53. The molecule has 3 rings (SSSR count). The molecular formula is C11H10N6O. The zero-order valence-corrected chi connectivity index (χ0v) is 9.66. The molecule has 0 aliphatic rings. The van der Waals surface area contributed by atoms with Crippen molar-refractivity contribution >= 4 is 5.65 Å². The highest BCUT2D eigenvalue weighted by atomic mass is 16.1. The van der Waals surface area contributed by atoms with Gasteiger partial charge in [0.15, 0.2) is 11.5 Å². The smallest absolute Gasteiger partial charge is 0.261 e. The summed E-state index contributed by atoms with van der Waals surface area (Å²) in [6, 6.07) is 1.78. The first kappa shape index (κ1) is 10.6. The van der Waals surface area contributed by atoms with Crippen molar-refractivity contribution in [1.29, 1.82) is 0 Å². The van der Waals surface area contributed by atoms with E-state index in [0.717, 1.165) is 12.1 Å². The maximum atomic E-state index is 11.7. The summed E-state index contributed by atoms with van der Waals surface area (Å²) in [7, 11) is 0. The van der Waals surface area contributed by atoms with Crippen LogP contribution in [0.25, 0.3) is 17.2 Å². The highest BCUT2D eigenvalue weighted by Crippen LogP contribution is 2.14. The number of hydrogen-bond acceptors (Lipinski definition) is 5. The van der Waals surface area contributed by atoms with E-state index in [1.54, 1.807) is 24.7 Å². The van der Waals surface area contributed by atoms with Crippen LogP contribution in [-0.2, 0) is 6.42 Å². The van der Waals surface area contributed by atoms with Gasteiger partial charge in [0.05, 0.1) is 6.20 Å². The van der Waals surface area contributed by atoms with Crippen LogP contribution in [0.1, 0.15) is 12.6 Å². The van der Waals surface area contributed by atoms with Crippen LogP contribution in [0.5, 0.6) is 0 Å². The Hall–Kier alpha value is -2.57. The number of aromatic amines is 1. The number of rotatable bonds is 2. The monoisotopic (exact) mass is 242 g/mol. The first-order valence-electron chi connectivity index (χ1n) is 5.53. The summed E-state index contributed by atoms with van der Waals surface area (Å²) in [4.78, 5) is 24.3. The molecule has 90 valence electrons. The van der Waals surface area contributed by atoms with E-state index in [1.165, 1.54) is 4.40 Å². The summed E-state index contributed by atoms with van der Waals surface area (Å²) >= 11 is 0. The van der Waals surface area contributed by atoms with E-state index in [1.807, 2.05) is 6.92 Å². The number of fused-ring (bicyclic) bond motifs is 1. The normalized spacial score (nSPS) is 10.9. The van der Waals surface area contributed by atoms with Crippen LogP contribution in [0.2, 0.25) is 0 Å². The molecule has 0 atom stereocenters. The summed E-state index contributed by atoms with van der Waals surface area (Å²) in [5.41, 5.74) is 1.59. The summed E-state index contributed by atoms with van der Waals surface area (Å²) in [6.07, 6.45) is 5.46. The molecule has 3 aromatic rings. The van der Waals surface area contributed by atoms with Crippen LogP contribution in [0.15, 0.2) is 29.5 Å². The molecular weight excluding hydrogens is 232 g/mol. The molecule has 3 aromatic heterocycles. The number of nitrogens with zero attached hydrogens (tertiary/aromatic N) is 5. The highest BCUT2D eigenvalue weighted by molar-refractivity contribution is 5.54. The predicted molar refractivity (Wildman–Crippen MR) is 64.0 cm³/mol. The van der Waals surface area contributed by atoms with E-state index in [4.69, 9.17) is 0 Å². The van der Waals surface area contributed by atoms with Gasteiger partial charge in [-0.2, -0.15) is 5.10 Å². The Morgan fingerprint density at radius 3 is 3.00 bits per heavy atom. The Bertz CT molecular complexity index is 745. The van der Waals surface area contributed by atoms with E-state index in [-0.39, 0.29) is 5.69 Å². The molecule has 18 heavy (non-hydrogen) atoms. The van der Waals surface area contributed by atoms with Crippen LogP contribution in [-0.4, -0.2) is 29.5 Å². The number of aromatic nitrogens is 6. The van der Waals surface area contributed by atoms with Crippen LogP contribution in [0.3, 0.4) is 0 Å². The first-order chi connectivity index (χ1) is 8.79. The zero-order chi connectivity index (χ0) is 12.5. The van der Waals surface area contributed by atoms with Crippen LogP contribution in [0, 0.1) is 0 Å². The second-order valence-electron chi connectivity index (χ2n) is 3.74. The third-order valence-electron chi connectivity index (χ3n) is 2.61. The molecule has 1 N–H and O–H groups in total. The number of aryl methyl sites for hydroxylation is 1. The molecule has 7 nitrogen and oxygen atoms in total. The lowest BCUT2D eigenvalue weighted by atomic mass is 10.3. The van der Waals surface area contributed by atoms with E-state index in [0.29, 0.717) is 17.2 Å². The molecule has 0 unspecified atom stereocenters. The van der Waals surface area contributed by atoms with Crippen molar-refractivity contribution in [3.8, 4) is 11.5 Å². The summed E-state index contributed by atoms with van der Waals surface area (Å²) < 4.78 is 1.39. The molecule has 0 bridgehead atoms. The van der Waals surface area contributed by atoms with Crippen molar-refractivity contribution < 1.29 is 0 Å². The van der Waals surface area contributed by atoms with Crippen molar-refractivity contribution in [3.63, 3.8) is 0 Å². The van der Waals surface area contributed by atoms with Gasteiger partial charge < -0.3 is 0 Å². The third kappa shape index (κ3) is 1.56. The molecule has 0 aliphatic heterocycles. The van der Waals surface area contributed by atoms with Gasteiger partial charge in [0.1, 0.15) is 5.69 Å². The van der Waals surface area contributed by atoms with Gasteiger partial charge in [0.2, 0.25) is 0 Å². The molecule has 0 radical (unpaired) electrons. The molecule has 0 fully saturated rings. The predicted octanol–water partition coefficient (Wildman–Crippen LogP) is 0.437. The number of H-pyrrole nitrogens is 1. The van der Waals surface area contributed by atoms with Crippen molar-refractivity contribution in [3.05, 3.63) is 40.8 Å². The van der Waals surface area contributed by atoms with Gasteiger partial charge in [-0.05, 0) is 6.42 Å². The Morgan fingerprint density at radius 2 is 2.28 bits per heavy atom. The molecule has 3 heterocycles. The van der Waals surface area contributed by atoms with Gasteiger partial charge in [0, 0.05) is 24.2 Å². The van der Waals surface area contributed by atoms with Crippen molar-refractivity contribution in [1.82, 2.24) is 29.5 Å². The minimum atomic E-state index is -0.333. The van der Waals surface area contributed by atoms with Crippen LogP contribution >= 0.6 is 0 Å². The molecule has 0 saturated heterocycles. The summed E-state index contributed by atoms with van der Waals surface area (Å²) in [6.45, 7) is 1.99. The van der Waals surface area contributed by atoms with Gasteiger partial charge in [-0.1, -0.05) is 6.92 Å². The van der Waals surface area contributed by atoms with Crippen LogP contribution in [0.4, 0.5) is 0 Å². The largest absolute Gasteiger partial charge is 0.349 e. The topological polar surface area (TPSA) is 88.8 Å². The van der Waals surface area contributed by atoms with E-state index in [9.17, 15) is 4.79 Å². The number of hydrogen-bond donors (Lipinski definition) is 1. The fraction of sp³-hybridized carbons (Fsp3) is 0.182. The zero-order valence-electron chi connectivity index (χ0n) is 9.66. The fourth-order valence-electron chi connectivity index (χ4n) is 1.75. The lowest BCUT2D eigenvalue weighted by molar-refractivity contribution is 0.950. The quantitative estimate of drug-likeness (QED) is 0.704. The van der Waals surface area contributed by atoms with Gasteiger partial charge in [0.25, 0.3) is 0 Å². The van der Waals surface area contributed by atoms with E-state index < -0.39 is 0 Å². The lowest BCUT2D eigenvalue weighted by Gasteiger charge is -2.04. The average Bonchev–Trinajstić information content (AvgIpc) is 2.80. The highest BCUT2D eigenvalue weighted by Gasteiger charge is 2.12. The van der Waals surface area contributed by atoms with Crippen molar-refractivity contribution in [2.45, 2.75) is 13.3 Å². The fourth-order valence-corrected chi connectivity index (χ4v) is 1.75. The molecule has 0 aromatic carbocycles. The van der Waals surface area contributed by atoms with Crippen molar-refractivity contribution in [2.75, 3.05) is 0 Å². The SMILES string of the molecule is CCc1cc2n[nH]c(=O)n2c(-c2cnccn2)n1. The van der Waals surface area contributed by atoms with Gasteiger partial charge in [-0.3, -0.25) is 4.98 Å². The van der Waals surface area contributed by atoms with Crippen molar-refractivity contribution in [2.24, 2.45) is 0 Å². The van der Waals surface area contributed by atoms with E-state index in [2.05, 4.69) is 25.1 Å². The van der Waals surface area contributed by atoms with Gasteiger partial charge in [-0.15, -0.1) is 0 Å². The second-order valence-corrected chi connectivity index (χ2v) is 3.74.